The van der Waals surface area contributed by atoms with E-state index in [4.69, 9.17) is 11.6 Å². The molecule has 3 aromatic heterocycles. The van der Waals surface area contributed by atoms with Crippen LogP contribution in [0.15, 0.2) is 59.3 Å². The molecule has 0 radical (unpaired) electrons. The van der Waals surface area contributed by atoms with E-state index in [2.05, 4.69) is 45.3 Å². The summed E-state index contributed by atoms with van der Waals surface area (Å²) >= 11 is 9.70. The summed E-state index contributed by atoms with van der Waals surface area (Å²) in [6.45, 7) is 0.797. The first-order chi connectivity index (χ1) is 15.6. The number of pyridine rings is 1. The zero-order valence-corrected chi connectivity index (χ0v) is 19.9. The van der Waals surface area contributed by atoms with Crippen LogP contribution in [-0.2, 0) is 6.54 Å². The van der Waals surface area contributed by atoms with E-state index >= 15 is 0 Å². The number of hydrogen-bond acceptors (Lipinski definition) is 6. The molecule has 1 aliphatic rings. The zero-order chi connectivity index (χ0) is 22.3. The van der Waals surface area contributed by atoms with Crippen molar-refractivity contribution in [2.24, 2.45) is 0 Å². The number of nitrogens with zero attached hydrogens (tertiary/aromatic N) is 2. The van der Waals surface area contributed by atoms with Crippen LogP contribution in [0.1, 0.15) is 37.0 Å². The molecular weight excluding hydrogens is 462 g/mol. The Morgan fingerprint density at radius 1 is 1.09 bits per heavy atom. The fourth-order valence-electron chi connectivity index (χ4n) is 3.82. The topological polar surface area (TPSA) is 68.1 Å². The summed E-state index contributed by atoms with van der Waals surface area (Å²) in [5, 5.41) is 18.4. The second-order valence-electron chi connectivity index (χ2n) is 7.70. The van der Waals surface area contributed by atoms with Gasteiger partial charge in [0.1, 0.15) is 5.15 Å². The molecule has 0 atom stereocenters. The van der Waals surface area contributed by atoms with Crippen molar-refractivity contribution in [3.8, 4) is 11.1 Å². The van der Waals surface area contributed by atoms with E-state index in [-0.39, 0.29) is 11.0 Å². The fraction of sp³-hybridized carbons (Fsp3) is 0.292. The lowest BCUT2D eigenvalue weighted by Gasteiger charge is -2.13. The Kier molecular flexibility index (Phi) is 7.73. The molecule has 5 rings (SSSR count). The lowest BCUT2D eigenvalue weighted by atomic mass is 9.96. The van der Waals surface area contributed by atoms with Gasteiger partial charge in [-0.2, -0.15) is 0 Å². The maximum atomic E-state index is 10.2. The van der Waals surface area contributed by atoms with E-state index in [1.807, 2.05) is 24.3 Å². The van der Waals surface area contributed by atoms with Gasteiger partial charge in [0.15, 0.2) is 0 Å². The highest BCUT2D eigenvalue weighted by molar-refractivity contribution is 7.18. The number of thiophene rings is 2. The number of hydrogen-bond donors (Lipinski definition) is 1. The summed E-state index contributed by atoms with van der Waals surface area (Å²) < 4.78 is 1.14. The predicted molar refractivity (Wildman–Crippen MR) is 136 cm³/mol. The van der Waals surface area contributed by atoms with Crippen LogP contribution in [0.5, 0.6) is 0 Å². The molecule has 5 nitrogen and oxygen atoms in total. The van der Waals surface area contributed by atoms with Crippen LogP contribution in [0, 0.1) is 10.1 Å². The Labute approximate surface area is 200 Å². The van der Waals surface area contributed by atoms with Gasteiger partial charge in [-0.1, -0.05) is 54.4 Å². The molecule has 8 heteroatoms. The third kappa shape index (κ3) is 5.65. The van der Waals surface area contributed by atoms with Crippen LogP contribution < -0.4 is 5.32 Å². The van der Waals surface area contributed by atoms with Crippen LogP contribution >= 0.6 is 34.3 Å². The minimum absolute atomic E-state index is 0.140. The SMILES string of the molecule is Clc1cc(NCc2cccs2)c2scc(-c3ccccc3)c2n1.O=[N+]([O-])C1CCCCC1. The summed E-state index contributed by atoms with van der Waals surface area (Å²) in [6, 6.07) is 16.2. The number of fused-ring (bicyclic) bond motifs is 1. The molecular formula is C24H24ClN3O2S2. The van der Waals surface area contributed by atoms with E-state index < -0.39 is 0 Å². The maximum absolute atomic E-state index is 10.2. The molecule has 0 amide bonds. The van der Waals surface area contributed by atoms with Gasteiger partial charge in [0.05, 0.1) is 15.9 Å². The highest BCUT2D eigenvalue weighted by Gasteiger charge is 2.22. The van der Waals surface area contributed by atoms with Gasteiger partial charge in [0.25, 0.3) is 0 Å². The number of rotatable bonds is 5. The quantitative estimate of drug-likeness (QED) is 0.177. The van der Waals surface area contributed by atoms with Crippen molar-refractivity contribution in [1.29, 1.82) is 0 Å². The molecule has 1 N–H and O–H groups in total. The van der Waals surface area contributed by atoms with Crippen molar-refractivity contribution in [2.75, 3.05) is 5.32 Å². The van der Waals surface area contributed by atoms with Gasteiger partial charge < -0.3 is 5.32 Å². The largest absolute Gasteiger partial charge is 0.379 e. The van der Waals surface area contributed by atoms with Crippen molar-refractivity contribution in [3.63, 3.8) is 0 Å². The van der Waals surface area contributed by atoms with Crippen LogP contribution in [-0.4, -0.2) is 15.9 Å². The Hall–Kier alpha value is -2.48. The highest BCUT2D eigenvalue weighted by Crippen LogP contribution is 2.38. The summed E-state index contributed by atoms with van der Waals surface area (Å²) in [6.07, 6.45) is 4.88. The number of benzene rings is 1. The van der Waals surface area contributed by atoms with Gasteiger partial charge in [-0.15, -0.1) is 22.7 Å². The van der Waals surface area contributed by atoms with Crippen LogP contribution in [0.4, 0.5) is 5.69 Å². The van der Waals surface area contributed by atoms with E-state index in [9.17, 15) is 10.1 Å². The van der Waals surface area contributed by atoms with Crippen molar-refractivity contribution in [1.82, 2.24) is 4.98 Å². The molecule has 1 fully saturated rings. The second kappa shape index (κ2) is 10.9. The van der Waals surface area contributed by atoms with Gasteiger partial charge >= 0.3 is 0 Å². The Morgan fingerprint density at radius 3 is 2.53 bits per heavy atom. The minimum atomic E-state index is -0.223. The normalized spacial score (nSPS) is 14.0. The Morgan fingerprint density at radius 2 is 1.88 bits per heavy atom. The predicted octanol–water partition coefficient (Wildman–Crippen LogP) is 7.89. The summed E-state index contributed by atoms with van der Waals surface area (Å²) in [4.78, 5) is 15.9. The molecule has 32 heavy (non-hydrogen) atoms. The van der Waals surface area contributed by atoms with Gasteiger partial charge in [-0.3, -0.25) is 10.1 Å². The van der Waals surface area contributed by atoms with Crippen LogP contribution in [0.3, 0.4) is 0 Å². The number of nitro groups is 1. The smallest absolute Gasteiger partial charge is 0.213 e. The first-order valence-corrected chi connectivity index (χ1v) is 12.8. The van der Waals surface area contributed by atoms with Crippen molar-refractivity contribution >= 4 is 50.2 Å². The molecule has 0 spiro atoms. The van der Waals surface area contributed by atoms with Crippen molar-refractivity contribution in [2.45, 2.75) is 44.7 Å². The average molecular weight is 486 g/mol. The first-order valence-electron chi connectivity index (χ1n) is 10.6. The molecule has 166 valence electrons. The van der Waals surface area contributed by atoms with E-state index in [1.54, 1.807) is 22.7 Å². The van der Waals surface area contributed by atoms with E-state index in [0.29, 0.717) is 5.15 Å². The van der Waals surface area contributed by atoms with Crippen LogP contribution in [0.2, 0.25) is 5.15 Å². The van der Waals surface area contributed by atoms with Gasteiger partial charge in [-0.05, 0) is 29.9 Å². The minimum Gasteiger partial charge on any atom is -0.379 e. The van der Waals surface area contributed by atoms with E-state index in [0.717, 1.165) is 59.3 Å². The first kappa shape index (κ1) is 22.7. The standard InChI is InChI=1S/C18H13ClN2S2.C6H11NO2/c19-16-9-15(20-10-13-7-4-8-22-13)18-17(21-16)14(11-23-18)12-5-2-1-3-6-12;8-7(9)6-4-2-1-3-5-6/h1-9,11H,10H2,(H,20,21);6H,1-5H2. The maximum Gasteiger partial charge on any atom is 0.213 e. The molecule has 4 aromatic rings. The third-order valence-corrected chi connectivity index (χ3v) is 7.55. The summed E-state index contributed by atoms with van der Waals surface area (Å²) in [7, 11) is 0. The third-order valence-electron chi connectivity index (χ3n) is 5.48. The van der Waals surface area contributed by atoms with Crippen molar-refractivity contribution in [3.05, 3.63) is 79.4 Å². The number of nitrogens with one attached hydrogen (secondary N) is 1. The van der Waals surface area contributed by atoms with Gasteiger partial charge in [0.2, 0.25) is 6.04 Å². The second-order valence-corrected chi connectivity index (χ2v) is 9.99. The lowest BCUT2D eigenvalue weighted by molar-refractivity contribution is -0.526. The Balaban J connectivity index is 0.000000230. The molecule has 0 bridgehead atoms. The lowest BCUT2D eigenvalue weighted by Crippen LogP contribution is -2.21. The monoisotopic (exact) mass is 485 g/mol. The molecule has 1 saturated carbocycles. The van der Waals surface area contributed by atoms with E-state index in [1.165, 1.54) is 11.3 Å². The molecule has 0 unspecified atom stereocenters. The average Bonchev–Trinajstić information content (AvgIpc) is 3.49. The van der Waals surface area contributed by atoms with Crippen LogP contribution in [0.25, 0.3) is 21.3 Å². The molecule has 1 aliphatic carbocycles. The molecule has 1 aromatic carbocycles. The van der Waals surface area contributed by atoms with Gasteiger partial charge in [-0.25, -0.2) is 4.98 Å². The van der Waals surface area contributed by atoms with Gasteiger partial charge in [0, 0.05) is 46.2 Å². The fourth-order valence-corrected chi connectivity index (χ4v) is 5.67. The number of halogens is 1. The van der Waals surface area contributed by atoms with Crippen molar-refractivity contribution < 1.29 is 4.92 Å². The summed E-state index contributed by atoms with van der Waals surface area (Å²) in [5.41, 5.74) is 4.30. The molecule has 0 saturated heterocycles. The Bertz CT molecular complexity index is 1160. The number of anilines is 1. The summed E-state index contributed by atoms with van der Waals surface area (Å²) in [5.74, 6) is 0. The molecule has 0 aliphatic heterocycles. The molecule has 3 heterocycles. The number of aromatic nitrogens is 1. The zero-order valence-electron chi connectivity index (χ0n) is 17.5. The highest BCUT2D eigenvalue weighted by atomic mass is 35.5.